The van der Waals surface area contributed by atoms with Gasteiger partial charge in [0.15, 0.2) is 10.9 Å². The fourth-order valence-corrected chi connectivity index (χ4v) is 0.899. The highest BCUT2D eigenvalue weighted by molar-refractivity contribution is 6.32. The van der Waals surface area contributed by atoms with Crippen molar-refractivity contribution in [2.75, 3.05) is 12.8 Å². The highest BCUT2D eigenvalue weighted by atomic mass is 35.5. The number of hydrogen-bond acceptors (Lipinski definition) is 4. The quantitative estimate of drug-likeness (QED) is 0.664. The molecule has 0 aliphatic carbocycles. The number of aromatic nitrogens is 1. The summed E-state index contributed by atoms with van der Waals surface area (Å²) in [5.41, 5.74) is 5.84. The second kappa shape index (κ2) is 3.28. The van der Waals surface area contributed by atoms with E-state index in [1.165, 1.54) is 13.3 Å². The minimum atomic E-state index is 0.118. The molecule has 0 aliphatic rings. The first-order chi connectivity index (χ1) is 5.70. The van der Waals surface area contributed by atoms with Gasteiger partial charge in [0.1, 0.15) is 11.6 Å². The molecule has 5 heteroatoms. The summed E-state index contributed by atoms with van der Waals surface area (Å²) in [5.74, 6) is 0.333. The second-order valence-corrected chi connectivity index (χ2v) is 2.38. The molecule has 0 saturated heterocycles. The summed E-state index contributed by atoms with van der Waals surface area (Å²) in [4.78, 5) is 3.72. The molecule has 0 bridgehead atoms. The molecule has 0 saturated carbocycles. The van der Waals surface area contributed by atoms with E-state index in [2.05, 4.69) is 4.98 Å². The van der Waals surface area contributed by atoms with Gasteiger partial charge in [0.25, 0.3) is 0 Å². The molecule has 0 aromatic carbocycles. The topological polar surface area (TPSA) is 71.9 Å². The minimum absolute atomic E-state index is 0.118. The number of nitrogen functional groups attached to an aromatic ring is 1. The molecule has 0 unspecified atom stereocenters. The van der Waals surface area contributed by atoms with Crippen LogP contribution in [0.2, 0.25) is 5.15 Å². The lowest BCUT2D eigenvalue weighted by Crippen LogP contribution is -1.97. The maximum Gasteiger partial charge on any atom is 0.157 e. The Morgan fingerprint density at radius 2 is 2.42 bits per heavy atom. The maximum atomic E-state index is 8.66. The lowest BCUT2D eigenvalue weighted by atomic mass is 10.2. The van der Waals surface area contributed by atoms with E-state index in [0.717, 1.165) is 0 Å². The third kappa shape index (κ3) is 1.27. The van der Waals surface area contributed by atoms with Gasteiger partial charge in [0.2, 0.25) is 0 Å². The largest absolute Gasteiger partial charge is 0.494 e. The summed E-state index contributed by atoms with van der Waals surface area (Å²) in [5, 5.41) is 8.78. The number of halogens is 1. The summed E-state index contributed by atoms with van der Waals surface area (Å²) in [6.07, 6.45) is 1.36. The van der Waals surface area contributed by atoms with Crippen LogP contribution >= 0.6 is 11.6 Å². The molecule has 0 spiro atoms. The first-order valence-electron chi connectivity index (χ1n) is 3.08. The summed E-state index contributed by atoms with van der Waals surface area (Å²) in [6, 6.07) is 1.88. The zero-order valence-electron chi connectivity index (χ0n) is 6.34. The number of hydrogen-bond donors (Lipinski definition) is 1. The van der Waals surface area contributed by atoms with Gasteiger partial charge in [-0.15, -0.1) is 0 Å². The Morgan fingerprint density at radius 1 is 1.75 bits per heavy atom. The Morgan fingerprint density at radius 3 is 2.92 bits per heavy atom. The van der Waals surface area contributed by atoms with E-state index in [1.54, 1.807) is 0 Å². The molecule has 0 fully saturated rings. The normalized spacial score (nSPS) is 9.08. The van der Waals surface area contributed by atoms with Crippen molar-refractivity contribution in [1.29, 1.82) is 5.26 Å². The molecular formula is C7H6ClN3O. The molecule has 4 nitrogen and oxygen atoms in total. The molecule has 0 radical (unpaired) electrons. The third-order valence-corrected chi connectivity index (χ3v) is 1.67. The van der Waals surface area contributed by atoms with Crippen molar-refractivity contribution in [1.82, 2.24) is 4.98 Å². The standard InChI is InChI=1S/C7H6ClN3O/c1-12-5-3-11-7(8)6(10)4(5)2-9/h3H,10H2,1H3. The average molecular weight is 184 g/mol. The van der Waals surface area contributed by atoms with Gasteiger partial charge in [-0.25, -0.2) is 4.98 Å². The molecule has 1 aromatic heterocycles. The van der Waals surface area contributed by atoms with Crippen LogP contribution in [-0.4, -0.2) is 12.1 Å². The van der Waals surface area contributed by atoms with Crippen LogP contribution < -0.4 is 10.5 Å². The van der Waals surface area contributed by atoms with E-state index in [-0.39, 0.29) is 16.4 Å². The number of pyridine rings is 1. The minimum Gasteiger partial charge on any atom is -0.494 e. The molecule has 1 aromatic rings. The number of nitrogens with zero attached hydrogens (tertiary/aromatic N) is 2. The van der Waals surface area contributed by atoms with Crippen molar-refractivity contribution in [3.8, 4) is 11.8 Å². The van der Waals surface area contributed by atoms with Gasteiger partial charge < -0.3 is 10.5 Å². The van der Waals surface area contributed by atoms with Crippen LogP contribution in [0.4, 0.5) is 5.69 Å². The van der Waals surface area contributed by atoms with Gasteiger partial charge in [-0.05, 0) is 0 Å². The van der Waals surface area contributed by atoms with Crippen molar-refractivity contribution < 1.29 is 4.74 Å². The predicted molar refractivity (Wildman–Crippen MR) is 44.9 cm³/mol. The maximum absolute atomic E-state index is 8.66. The van der Waals surface area contributed by atoms with Crippen molar-refractivity contribution in [2.45, 2.75) is 0 Å². The Labute approximate surface area is 74.5 Å². The first-order valence-corrected chi connectivity index (χ1v) is 3.46. The highest BCUT2D eigenvalue weighted by Crippen LogP contribution is 2.27. The van der Waals surface area contributed by atoms with Crippen LogP contribution in [0.1, 0.15) is 5.56 Å². The van der Waals surface area contributed by atoms with E-state index >= 15 is 0 Å². The van der Waals surface area contributed by atoms with Gasteiger partial charge in [0, 0.05) is 0 Å². The average Bonchev–Trinajstić information content (AvgIpc) is 2.09. The zero-order chi connectivity index (χ0) is 9.14. The number of methoxy groups -OCH3 is 1. The molecule has 1 rings (SSSR count). The molecule has 62 valence electrons. The Kier molecular flexibility index (Phi) is 2.36. The van der Waals surface area contributed by atoms with E-state index in [9.17, 15) is 0 Å². The molecular weight excluding hydrogens is 178 g/mol. The van der Waals surface area contributed by atoms with Crippen LogP contribution in [0.15, 0.2) is 6.20 Å². The summed E-state index contributed by atoms with van der Waals surface area (Å²) >= 11 is 5.58. The van der Waals surface area contributed by atoms with Gasteiger partial charge in [-0.1, -0.05) is 11.6 Å². The summed E-state index contributed by atoms with van der Waals surface area (Å²) < 4.78 is 4.85. The first kappa shape index (κ1) is 8.62. The van der Waals surface area contributed by atoms with Crippen molar-refractivity contribution in [3.63, 3.8) is 0 Å². The Balaban J connectivity index is 3.38. The second-order valence-electron chi connectivity index (χ2n) is 2.02. The van der Waals surface area contributed by atoms with Gasteiger partial charge in [-0.2, -0.15) is 5.26 Å². The Bertz CT molecular complexity index is 345. The monoisotopic (exact) mass is 183 g/mol. The molecule has 1 heterocycles. The number of anilines is 1. The van der Waals surface area contributed by atoms with E-state index in [1.807, 2.05) is 6.07 Å². The van der Waals surface area contributed by atoms with Crippen LogP contribution in [0, 0.1) is 11.3 Å². The van der Waals surface area contributed by atoms with Gasteiger partial charge >= 0.3 is 0 Å². The lowest BCUT2D eigenvalue weighted by molar-refractivity contribution is 0.412. The van der Waals surface area contributed by atoms with E-state index in [0.29, 0.717) is 5.75 Å². The van der Waals surface area contributed by atoms with Crippen molar-refractivity contribution >= 4 is 17.3 Å². The van der Waals surface area contributed by atoms with Crippen molar-refractivity contribution in [2.24, 2.45) is 0 Å². The zero-order valence-corrected chi connectivity index (χ0v) is 7.09. The number of nitrogens with two attached hydrogens (primary N) is 1. The molecule has 12 heavy (non-hydrogen) atoms. The fourth-order valence-electron chi connectivity index (χ4n) is 0.755. The molecule has 0 amide bonds. The molecule has 0 atom stereocenters. The highest BCUT2D eigenvalue weighted by Gasteiger charge is 2.10. The smallest absolute Gasteiger partial charge is 0.157 e. The van der Waals surface area contributed by atoms with E-state index in [4.69, 9.17) is 27.3 Å². The third-order valence-electron chi connectivity index (χ3n) is 1.36. The number of nitriles is 1. The molecule has 2 N–H and O–H groups in total. The number of rotatable bonds is 1. The van der Waals surface area contributed by atoms with Gasteiger partial charge in [-0.3, -0.25) is 0 Å². The summed E-state index contributed by atoms with van der Waals surface area (Å²) in [7, 11) is 1.44. The van der Waals surface area contributed by atoms with Crippen LogP contribution in [0.5, 0.6) is 5.75 Å². The van der Waals surface area contributed by atoms with E-state index < -0.39 is 0 Å². The Hall–Kier alpha value is -1.47. The lowest BCUT2D eigenvalue weighted by Gasteiger charge is -2.04. The van der Waals surface area contributed by atoms with Crippen molar-refractivity contribution in [3.05, 3.63) is 16.9 Å². The summed E-state index contributed by atoms with van der Waals surface area (Å²) in [6.45, 7) is 0. The van der Waals surface area contributed by atoms with Crippen LogP contribution in [0.3, 0.4) is 0 Å². The predicted octanol–water partition coefficient (Wildman–Crippen LogP) is 1.20. The number of ether oxygens (including phenoxy) is 1. The SMILES string of the molecule is COc1cnc(Cl)c(N)c1C#N. The van der Waals surface area contributed by atoms with Crippen LogP contribution in [-0.2, 0) is 0 Å². The van der Waals surface area contributed by atoms with Crippen LogP contribution in [0.25, 0.3) is 0 Å². The van der Waals surface area contributed by atoms with Gasteiger partial charge in [0.05, 0.1) is 19.0 Å². The molecule has 0 aliphatic heterocycles. The fraction of sp³-hybridized carbons (Fsp3) is 0.143.